The number of anilines is 1. The molecule has 0 bridgehead atoms. The van der Waals surface area contributed by atoms with E-state index in [0.717, 1.165) is 30.2 Å². The van der Waals surface area contributed by atoms with Crippen LogP contribution < -0.4 is 5.32 Å². The van der Waals surface area contributed by atoms with Crippen LogP contribution >= 0.6 is 0 Å². The zero-order valence-electron chi connectivity index (χ0n) is 15.4. The zero-order chi connectivity index (χ0) is 18.0. The molecule has 1 aliphatic rings. The molecule has 132 valence electrons. The van der Waals surface area contributed by atoms with Crippen LogP contribution in [0.1, 0.15) is 32.9 Å². The molecule has 25 heavy (non-hydrogen) atoms. The summed E-state index contributed by atoms with van der Waals surface area (Å²) in [6.07, 6.45) is 0.514. The number of benzene rings is 1. The van der Waals surface area contributed by atoms with Crippen molar-refractivity contribution in [2.24, 2.45) is 5.41 Å². The molecule has 5 heteroatoms. The summed E-state index contributed by atoms with van der Waals surface area (Å²) in [6, 6.07) is 12.0. The molecule has 5 nitrogen and oxygen atoms in total. The van der Waals surface area contributed by atoms with Gasteiger partial charge in [-0.25, -0.2) is 9.97 Å². The lowest BCUT2D eigenvalue weighted by atomic mass is 9.96. The van der Waals surface area contributed by atoms with Crippen molar-refractivity contribution >= 4 is 11.7 Å². The van der Waals surface area contributed by atoms with E-state index < -0.39 is 0 Å². The van der Waals surface area contributed by atoms with Crippen molar-refractivity contribution in [1.29, 1.82) is 0 Å². The van der Waals surface area contributed by atoms with Crippen molar-refractivity contribution < 1.29 is 4.79 Å². The van der Waals surface area contributed by atoms with E-state index in [1.807, 2.05) is 48.2 Å². The Morgan fingerprint density at radius 1 is 1.20 bits per heavy atom. The molecule has 1 unspecified atom stereocenters. The lowest BCUT2D eigenvalue weighted by molar-refractivity contribution is -0.128. The van der Waals surface area contributed by atoms with E-state index in [-0.39, 0.29) is 17.4 Å². The SMILES string of the molecule is Cc1cc(NC2CC(=O)N(CC(C)(C)C)C2)nc(-c2ccccc2)n1. The Morgan fingerprint density at radius 2 is 1.92 bits per heavy atom. The Kier molecular flexibility index (Phi) is 4.75. The molecular formula is C20H26N4O. The lowest BCUT2D eigenvalue weighted by Gasteiger charge is -2.26. The van der Waals surface area contributed by atoms with Crippen molar-refractivity contribution in [3.05, 3.63) is 42.1 Å². The molecule has 1 saturated heterocycles. The van der Waals surface area contributed by atoms with Crippen LogP contribution in [0.4, 0.5) is 5.82 Å². The number of likely N-dealkylation sites (tertiary alicyclic amines) is 1. The number of nitrogens with one attached hydrogen (secondary N) is 1. The average Bonchev–Trinajstić information content (AvgIpc) is 2.85. The number of aryl methyl sites for hydroxylation is 1. The number of carbonyl (C=O) groups is 1. The van der Waals surface area contributed by atoms with Gasteiger partial charge in [0.25, 0.3) is 0 Å². The van der Waals surface area contributed by atoms with Gasteiger partial charge in [-0.3, -0.25) is 4.79 Å². The fourth-order valence-corrected chi connectivity index (χ4v) is 3.16. The summed E-state index contributed by atoms with van der Waals surface area (Å²) in [5.41, 5.74) is 2.01. The summed E-state index contributed by atoms with van der Waals surface area (Å²) in [6.45, 7) is 9.93. The minimum atomic E-state index is 0.0905. The van der Waals surface area contributed by atoms with E-state index >= 15 is 0 Å². The van der Waals surface area contributed by atoms with Crippen LogP contribution in [0.25, 0.3) is 11.4 Å². The molecule has 1 fully saturated rings. The van der Waals surface area contributed by atoms with Crippen molar-refractivity contribution in [1.82, 2.24) is 14.9 Å². The van der Waals surface area contributed by atoms with E-state index in [0.29, 0.717) is 12.2 Å². The predicted octanol–water partition coefficient (Wildman–Crippen LogP) is 3.51. The van der Waals surface area contributed by atoms with E-state index in [4.69, 9.17) is 0 Å². The van der Waals surface area contributed by atoms with Crippen LogP contribution in [0.15, 0.2) is 36.4 Å². The van der Waals surface area contributed by atoms with Crippen LogP contribution in [0.3, 0.4) is 0 Å². The number of amides is 1. The molecule has 2 heterocycles. The Balaban J connectivity index is 1.74. The molecule has 1 aliphatic heterocycles. The smallest absolute Gasteiger partial charge is 0.224 e. The van der Waals surface area contributed by atoms with Gasteiger partial charge in [0, 0.05) is 36.8 Å². The molecule has 1 amide bonds. The first-order valence-corrected chi connectivity index (χ1v) is 8.75. The van der Waals surface area contributed by atoms with Gasteiger partial charge in [-0.1, -0.05) is 51.1 Å². The summed E-state index contributed by atoms with van der Waals surface area (Å²) in [4.78, 5) is 23.4. The Morgan fingerprint density at radius 3 is 2.60 bits per heavy atom. The normalized spacial score (nSPS) is 17.8. The summed E-state index contributed by atoms with van der Waals surface area (Å²) in [5.74, 6) is 1.70. The predicted molar refractivity (Wildman–Crippen MR) is 100 cm³/mol. The van der Waals surface area contributed by atoms with Crippen LogP contribution in [0, 0.1) is 12.3 Å². The monoisotopic (exact) mass is 338 g/mol. The average molecular weight is 338 g/mol. The van der Waals surface area contributed by atoms with Crippen LogP contribution in [-0.2, 0) is 4.79 Å². The van der Waals surface area contributed by atoms with Gasteiger partial charge >= 0.3 is 0 Å². The van der Waals surface area contributed by atoms with Crippen molar-refractivity contribution in [2.45, 2.75) is 40.2 Å². The number of hydrogen-bond acceptors (Lipinski definition) is 4. The highest BCUT2D eigenvalue weighted by Gasteiger charge is 2.32. The van der Waals surface area contributed by atoms with Crippen molar-refractivity contribution in [3.63, 3.8) is 0 Å². The second kappa shape index (κ2) is 6.82. The molecule has 0 aliphatic carbocycles. The maximum atomic E-state index is 12.3. The van der Waals surface area contributed by atoms with Gasteiger partial charge in [-0.05, 0) is 12.3 Å². The Labute approximate surface area is 149 Å². The lowest BCUT2D eigenvalue weighted by Crippen LogP contribution is -2.35. The third kappa shape index (κ3) is 4.56. The van der Waals surface area contributed by atoms with Gasteiger partial charge in [0.15, 0.2) is 5.82 Å². The fraction of sp³-hybridized carbons (Fsp3) is 0.450. The minimum Gasteiger partial charge on any atom is -0.365 e. The standard InChI is InChI=1S/C20H26N4O/c1-14-10-17(23-19(21-14)15-8-6-5-7-9-15)22-16-11-18(25)24(12-16)13-20(2,3)4/h5-10,16H,11-13H2,1-4H3,(H,21,22,23). The van der Waals surface area contributed by atoms with Gasteiger partial charge in [0.1, 0.15) is 5.82 Å². The topological polar surface area (TPSA) is 58.1 Å². The van der Waals surface area contributed by atoms with Gasteiger partial charge < -0.3 is 10.2 Å². The van der Waals surface area contributed by atoms with Crippen LogP contribution in [-0.4, -0.2) is 39.9 Å². The number of aromatic nitrogens is 2. The largest absolute Gasteiger partial charge is 0.365 e. The number of hydrogen-bond donors (Lipinski definition) is 1. The molecule has 1 atom stereocenters. The minimum absolute atomic E-state index is 0.0905. The molecule has 0 saturated carbocycles. The highest BCUT2D eigenvalue weighted by Crippen LogP contribution is 2.23. The van der Waals surface area contributed by atoms with E-state index in [1.165, 1.54) is 0 Å². The fourth-order valence-electron chi connectivity index (χ4n) is 3.16. The van der Waals surface area contributed by atoms with Crippen LogP contribution in [0.5, 0.6) is 0 Å². The van der Waals surface area contributed by atoms with Gasteiger partial charge in [-0.2, -0.15) is 0 Å². The highest BCUT2D eigenvalue weighted by molar-refractivity contribution is 5.80. The zero-order valence-corrected chi connectivity index (χ0v) is 15.4. The second-order valence-electron chi connectivity index (χ2n) is 7.96. The maximum Gasteiger partial charge on any atom is 0.224 e. The quantitative estimate of drug-likeness (QED) is 0.927. The van der Waals surface area contributed by atoms with Crippen LogP contribution in [0.2, 0.25) is 0 Å². The summed E-state index contributed by atoms with van der Waals surface area (Å²) >= 11 is 0. The number of nitrogens with zero attached hydrogens (tertiary/aromatic N) is 3. The molecule has 0 radical (unpaired) electrons. The number of carbonyl (C=O) groups excluding carboxylic acids is 1. The maximum absolute atomic E-state index is 12.3. The number of rotatable bonds is 4. The summed E-state index contributed by atoms with van der Waals surface area (Å²) < 4.78 is 0. The van der Waals surface area contributed by atoms with E-state index in [9.17, 15) is 4.79 Å². The summed E-state index contributed by atoms with van der Waals surface area (Å²) in [7, 11) is 0. The third-order valence-corrected chi connectivity index (χ3v) is 4.12. The first-order valence-electron chi connectivity index (χ1n) is 8.75. The molecule has 3 rings (SSSR count). The van der Waals surface area contributed by atoms with Crippen molar-refractivity contribution in [3.8, 4) is 11.4 Å². The first kappa shape index (κ1) is 17.4. The van der Waals surface area contributed by atoms with E-state index in [1.54, 1.807) is 0 Å². The first-order chi connectivity index (χ1) is 11.8. The van der Waals surface area contributed by atoms with Crippen molar-refractivity contribution in [2.75, 3.05) is 18.4 Å². The second-order valence-corrected chi connectivity index (χ2v) is 7.96. The molecule has 2 aromatic rings. The molecule has 0 spiro atoms. The molecular weight excluding hydrogens is 312 g/mol. The third-order valence-electron chi connectivity index (χ3n) is 4.12. The molecule has 1 aromatic carbocycles. The molecule has 1 aromatic heterocycles. The highest BCUT2D eigenvalue weighted by atomic mass is 16.2. The molecule has 1 N–H and O–H groups in total. The summed E-state index contributed by atoms with van der Waals surface area (Å²) in [5, 5.41) is 3.42. The van der Waals surface area contributed by atoms with Gasteiger partial charge in [-0.15, -0.1) is 0 Å². The Hall–Kier alpha value is -2.43. The van der Waals surface area contributed by atoms with E-state index in [2.05, 4.69) is 36.1 Å². The Bertz CT molecular complexity index is 752. The van der Waals surface area contributed by atoms with Gasteiger partial charge in [0.2, 0.25) is 5.91 Å². The van der Waals surface area contributed by atoms with Gasteiger partial charge in [0.05, 0.1) is 6.04 Å².